The first-order valence-electron chi connectivity index (χ1n) is 12.3. The van der Waals surface area contributed by atoms with Gasteiger partial charge in [0, 0.05) is 31.4 Å². The van der Waals surface area contributed by atoms with Crippen molar-refractivity contribution in [2.45, 2.75) is 57.2 Å². The maximum absolute atomic E-state index is 14.9. The van der Waals surface area contributed by atoms with Gasteiger partial charge in [-0.1, -0.05) is 0 Å². The fraction of sp³-hybridized carbons (Fsp3) is 0.500. The Labute approximate surface area is 209 Å². The van der Waals surface area contributed by atoms with Crippen LogP contribution in [0.3, 0.4) is 0 Å². The van der Waals surface area contributed by atoms with Crippen LogP contribution in [0, 0.1) is 6.92 Å². The van der Waals surface area contributed by atoms with Crippen molar-refractivity contribution in [2.75, 3.05) is 30.8 Å². The van der Waals surface area contributed by atoms with E-state index in [4.69, 9.17) is 0 Å². The van der Waals surface area contributed by atoms with Gasteiger partial charge in [-0.2, -0.15) is 4.98 Å². The van der Waals surface area contributed by atoms with Gasteiger partial charge in [-0.3, -0.25) is 4.90 Å². The average Bonchev–Trinajstić information content (AvgIpc) is 3.55. The number of nitrogens with one attached hydrogen (secondary N) is 2. The van der Waals surface area contributed by atoms with Crippen LogP contribution in [-0.4, -0.2) is 78.6 Å². The first-order valence-corrected chi connectivity index (χ1v) is 12.3. The van der Waals surface area contributed by atoms with Gasteiger partial charge in [0.15, 0.2) is 11.5 Å². The number of rotatable bonds is 7. The number of nitrogens with zero attached hydrogens (tertiary/aromatic N) is 7. The van der Waals surface area contributed by atoms with Crippen molar-refractivity contribution in [1.82, 2.24) is 34.0 Å². The van der Waals surface area contributed by atoms with E-state index in [9.17, 15) is 17.6 Å². The largest absolute Gasteiger partial charge is 0.371 e. The highest BCUT2D eigenvalue weighted by Gasteiger charge is 2.48. The Hall–Kier alpha value is -3.48. The van der Waals surface area contributed by atoms with E-state index in [1.807, 2.05) is 4.90 Å². The summed E-state index contributed by atoms with van der Waals surface area (Å²) in [7, 11) is 1.68. The molecule has 1 saturated heterocycles. The SMILES string of the molecule is CNc1nc(N[C@@H]2CCN(C3CC3)CC2(F)F)nn2ccc(-c3ccc4nc(C)n(CC(F)F)c4n3)c12. The standard InChI is InChI=1S/C24H27F4N9/c1-13-30-17-6-5-16(31-22(17)36(13)11-19(25)26)15-7-10-37-20(15)21(29-2)33-23(34-37)32-18-8-9-35(14-3-4-14)12-24(18,27)28/h5-7,10,14,18-19H,3-4,8-9,11-12H2,1-2H3,(H2,29,32,33,34)/t18-/m1/s1. The molecule has 0 radical (unpaired) electrons. The molecule has 0 amide bonds. The van der Waals surface area contributed by atoms with Gasteiger partial charge in [0.05, 0.1) is 24.8 Å². The van der Waals surface area contributed by atoms with Crippen molar-refractivity contribution in [3.05, 3.63) is 30.2 Å². The third kappa shape index (κ3) is 4.34. The minimum Gasteiger partial charge on any atom is -0.371 e. The van der Waals surface area contributed by atoms with E-state index in [1.54, 1.807) is 42.9 Å². The number of pyridine rings is 1. The number of aryl methyl sites for hydroxylation is 1. The summed E-state index contributed by atoms with van der Waals surface area (Å²) in [5.74, 6) is -1.93. The average molecular weight is 518 g/mol. The first kappa shape index (κ1) is 23.9. The predicted molar refractivity (Wildman–Crippen MR) is 131 cm³/mol. The van der Waals surface area contributed by atoms with E-state index in [-0.39, 0.29) is 12.5 Å². The molecule has 0 spiro atoms. The lowest BCUT2D eigenvalue weighted by molar-refractivity contribution is -0.0761. The molecule has 6 rings (SSSR count). The first-order chi connectivity index (χ1) is 17.7. The van der Waals surface area contributed by atoms with Gasteiger partial charge in [-0.25, -0.2) is 32.0 Å². The molecular weight excluding hydrogens is 490 g/mol. The van der Waals surface area contributed by atoms with E-state index in [0.29, 0.717) is 58.6 Å². The van der Waals surface area contributed by atoms with Gasteiger partial charge >= 0.3 is 0 Å². The number of aromatic nitrogens is 6. The molecule has 4 aromatic rings. The summed E-state index contributed by atoms with van der Waals surface area (Å²) < 4.78 is 59.1. The Morgan fingerprint density at radius 3 is 2.62 bits per heavy atom. The summed E-state index contributed by atoms with van der Waals surface area (Å²) in [6, 6.07) is 4.51. The Kier molecular flexibility index (Phi) is 5.70. The lowest BCUT2D eigenvalue weighted by Crippen LogP contribution is -2.55. The fourth-order valence-electron chi connectivity index (χ4n) is 5.14. The third-order valence-electron chi connectivity index (χ3n) is 7.12. The van der Waals surface area contributed by atoms with Crippen LogP contribution in [0.15, 0.2) is 24.4 Å². The van der Waals surface area contributed by atoms with Crippen LogP contribution in [0.5, 0.6) is 0 Å². The van der Waals surface area contributed by atoms with Crippen LogP contribution in [0.1, 0.15) is 25.1 Å². The lowest BCUT2D eigenvalue weighted by atomic mass is 10.0. The monoisotopic (exact) mass is 517 g/mol. The van der Waals surface area contributed by atoms with E-state index in [2.05, 4.69) is 30.7 Å². The Morgan fingerprint density at radius 1 is 1.11 bits per heavy atom. The topological polar surface area (TPSA) is 88.2 Å². The number of anilines is 2. The van der Waals surface area contributed by atoms with Crippen LogP contribution < -0.4 is 10.6 Å². The summed E-state index contributed by atoms with van der Waals surface area (Å²) in [6.45, 7) is 1.51. The molecule has 5 heterocycles. The van der Waals surface area contributed by atoms with Gasteiger partial charge in [0.1, 0.15) is 16.9 Å². The zero-order chi connectivity index (χ0) is 25.9. The number of fused-ring (bicyclic) bond motifs is 2. The fourth-order valence-corrected chi connectivity index (χ4v) is 5.14. The molecule has 0 bridgehead atoms. The van der Waals surface area contributed by atoms with Crippen molar-refractivity contribution < 1.29 is 17.6 Å². The summed E-state index contributed by atoms with van der Waals surface area (Å²) in [5, 5.41) is 10.3. The molecule has 9 nitrogen and oxygen atoms in total. The van der Waals surface area contributed by atoms with Gasteiger partial charge in [-0.05, 0) is 44.4 Å². The van der Waals surface area contributed by atoms with Gasteiger partial charge < -0.3 is 15.2 Å². The van der Waals surface area contributed by atoms with Crippen LogP contribution in [-0.2, 0) is 6.54 Å². The second-order valence-corrected chi connectivity index (χ2v) is 9.70. The highest BCUT2D eigenvalue weighted by molar-refractivity contribution is 5.89. The molecule has 2 aliphatic rings. The summed E-state index contributed by atoms with van der Waals surface area (Å²) in [6.07, 6.45) is 1.43. The Morgan fingerprint density at radius 2 is 1.92 bits per heavy atom. The van der Waals surface area contributed by atoms with Gasteiger partial charge in [0.2, 0.25) is 5.95 Å². The molecule has 2 fully saturated rings. The Balaban J connectivity index is 1.33. The van der Waals surface area contributed by atoms with Crippen LogP contribution in [0.25, 0.3) is 27.9 Å². The second kappa shape index (κ2) is 8.82. The van der Waals surface area contributed by atoms with Gasteiger partial charge in [0.25, 0.3) is 12.3 Å². The molecule has 4 aromatic heterocycles. The molecule has 0 unspecified atom stereocenters. The maximum Gasteiger partial charge on any atom is 0.280 e. The number of imidazole rings is 1. The van der Waals surface area contributed by atoms with E-state index in [0.717, 1.165) is 12.8 Å². The molecule has 2 N–H and O–H groups in total. The molecule has 196 valence electrons. The van der Waals surface area contributed by atoms with E-state index >= 15 is 0 Å². The van der Waals surface area contributed by atoms with Crippen molar-refractivity contribution in [1.29, 1.82) is 0 Å². The zero-order valence-electron chi connectivity index (χ0n) is 20.4. The number of piperidine rings is 1. The second-order valence-electron chi connectivity index (χ2n) is 9.70. The molecule has 1 aliphatic heterocycles. The molecule has 1 aliphatic carbocycles. The third-order valence-corrected chi connectivity index (χ3v) is 7.12. The van der Waals surface area contributed by atoms with E-state index in [1.165, 1.54) is 4.57 Å². The van der Waals surface area contributed by atoms with Crippen molar-refractivity contribution in [3.8, 4) is 11.3 Å². The van der Waals surface area contributed by atoms with Crippen LogP contribution in [0.4, 0.5) is 29.3 Å². The number of alkyl halides is 4. The lowest BCUT2D eigenvalue weighted by Gasteiger charge is -2.38. The molecule has 1 atom stereocenters. The summed E-state index contributed by atoms with van der Waals surface area (Å²) >= 11 is 0. The minimum atomic E-state index is -2.90. The highest BCUT2D eigenvalue weighted by Crippen LogP contribution is 2.36. The predicted octanol–water partition coefficient (Wildman–Crippen LogP) is 4.04. The van der Waals surface area contributed by atoms with E-state index < -0.39 is 24.9 Å². The molecule has 0 aromatic carbocycles. The van der Waals surface area contributed by atoms with Gasteiger partial charge in [-0.15, -0.1) is 5.10 Å². The smallest absolute Gasteiger partial charge is 0.280 e. The summed E-state index contributed by atoms with van der Waals surface area (Å²) in [4.78, 5) is 15.3. The highest BCUT2D eigenvalue weighted by atomic mass is 19.3. The normalized spacial score (nSPS) is 20.2. The Bertz CT molecular complexity index is 1460. The number of hydrogen-bond acceptors (Lipinski definition) is 7. The molecule has 1 saturated carbocycles. The van der Waals surface area contributed by atoms with Crippen molar-refractivity contribution >= 4 is 28.4 Å². The zero-order valence-corrected chi connectivity index (χ0v) is 20.4. The summed E-state index contributed by atoms with van der Waals surface area (Å²) in [5.41, 5.74) is 2.68. The van der Waals surface area contributed by atoms with Crippen molar-refractivity contribution in [2.24, 2.45) is 0 Å². The quantitative estimate of drug-likeness (QED) is 0.358. The molecular formula is C24H27F4N9. The minimum absolute atomic E-state index is 0.0950. The number of halogens is 4. The van der Waals surface area contributed by atoms with Crippen LogP contribution >= 0.6 is 0 Å². The van der Waals surface area contributed by atoms with Crippen molar-refractivity contribution in [3.63, 3.8) is 0 Å². The van der Waals surface area contributed by atoms with Crippen LogP contribution in [0.2, 0.25) is 0 Å². The number of hydrogen-bond donors (Lipinski definition) is 2. The molecule has 13 heteroatoms. The molecule has 37 heavy (non-hydrogen) atoms. The maximum atomic E-state index is 14.9. The number of likely N-dealkylation sites (tertiary alicyclic amines) is 1.